The lowest BCUT2D eigenvalue weighted by molar-refractivity contribution is -0.130. The van der Waals surface area contributed by atoms with Gasteiger partial charge in [-0.1, -0.05) is 12.8 Å². The molecule has 1 unspecified atom stereocenters. The minimum absolute atomic E-state index is 0.149. The maximum absolute atomic E-state index is 11.7. The summed E-state index contributed by atoms with van der Waals surface area (Å²) < 4.78 is 0. The first kappa shape index (κ1) is 14.0. The van der Waals surface area contributed by atoms with E-state index in [1.54, 1.807) is 4.90 Å². The highest BCUT2D eigenvalue weighted by Crippen LogP contribution is 2.03. The molecule has 0 bridgehead atoms. The fraction of sp³-hybridized carbons (Fsp3) is 0.750. The largest absolute Gasteiger partial charge is 0.332 e. The minimum atomic E-state index is 0.149. The normalized spacial score (nSPS) is 11.9. The predicted molar refractivity (Wildman–Crippen MR) is 63.2 cm³/mol. The highest BCUT2D eigenvalue weighted by molar-refractivity contribution is 5.76. The Morgan fingerprint density at radius 3 is 2.73 bits per heavy atom. The molecule has 0 heterocycles. The molecular formula is C12H22N2O. The van der Waals surface area contributed by atoms with Crippen LogP contribution in [0.15, 0.2) is 0 Å². The Hall–Kier alpha value is -1.01. The summed E-state index contributed by atoms with van der Waals surface area (Å²) in [5.74, 6) is 2.66. The summed E-state index contributed by atoms with van der Waals surface area (Å²) in [4.78, 5) is 13.4. The van der Waals surface area contributed by atoms with Gasteiger partial charge in [0.25, 0.3) is 0 Å². The molecule has 86 valence electrons. The first-order chi connectivity index (χ1) is 7.11. The zero-order chi connectivity index (χ0) is 11.7. The van der Waals surface area contributed by atoms with E-state index in [0.29, 0.717) is 13.0 Å². The van der Waals surface area contributed by atoms with Crippen molar-refractivity contribution in [3.8, 4) is 12.3 Å². The third kappa shape index (κ3) is 6.98. The number of rotatable bonds is 7. The Balaban J connectivity index is 3.87. The van der Waals surface area contributed by atoms with Gasteiger partial charge in [0.15, 0.2) is 0 Å². The summed E-state index contributed by atoms with van der Waals surface area (Å²) in [6, 6.07) is 0.171. The van der Waals surface area contributed by atoms with Gasteiger partial charge < -0.3 is 10.6 Å². The fourth-order valence-corrected chi connectivity index (χ4v) is 1.41. The fourth-order valence-electron chi connectivity index (χ4n) is 1.41. The lowest BCUT2D eigenvalue weighted by Crippen LogP contribution is -2.32. The molecule has 1 amide bonds. The van der Waals surface area contributed by atoms with Crippen LogP contribution in [-0.2, 0) is 4.79 Å². The van der Waals surface area contributed by atoms with Gasteiger partial charge in [-0.2, -0.15) is 0 Å². The number of hydrogen-bond acceptors (Lipinski definition) is 2. The number of nitrogens with two attached hydrogens (primary N) is 1. The van der Waals surface area contributed by atoms with E-state index in [2.05, 4.69) is 5.92 Å². The van der Waals surface area contributed by atoms with Crippen LogP contribution in [0.25, 0.3) is 0 Å². The van der Waals surface area contributed by atoms with Gasteiger partial charge in [0.05, 0.1) is 6.54 Å². The monoisotopic (exact) mass is 210 g/mol. The van der Waals surface area contributed by atoms with Crippen molar-refractivity contribution in [2.24, 2.45) is 5.73 Å². The van der Waals surface area contributed by atoms with Crippen molar-refractivity contribution in [3.05, 3.63) is 0 Å². The van der Waals surface area contributed by atoms with Crippen LogP contribution in [0, 0.1) is 12.3 Å². The molecule has 0 aliphatic carbocycles. The molecule has 0 aliphatic heterocycles. The number of terminal acetylenes is 1. The molecule has 1 atom stereocenters. The molecule has 0 aliphatic rings. The molecule has 0 radical (unpaired) electrons. The second kappa shape index (κ2) is 8.31. The predicted octanol–water partition coefficient (Wildman–Crippen LogP) is 1.38. The third-order valence-electron chi connectivity index (χ3n) is 2.18. The van der Waals surface area contributed by atoms with Crippen molar-refractivity contribution in [2.45, 2.75) is 45.6 Å². The van der Waals surface area contributed by atoms with E-state index in [9.17, 15) is 4.79 Å². The van der Waals surface area contributed by atoms with Crippen LogP contribution < -0.4 is 5.73 Å². The molecule has 0 rings (SSSR count). The summed E-state index contributed by atoms with van der Waals surface area (Å²) in [6.07, 6.45) is 8.45. The van der Waals surface area contributed by atoms with E-state index < -0.39 is 0 Å². The van der Waals surface area contributed by atoms with Gasteiger partial charge in [-0.05, 0) is 26.2 Å². The molecule has 0 spiro atoms. The summed E-state index contributed by atoms with van der Waals surface area (Å²) in [5, 5.41) is 0. The Bertz CT molecular complexity index is 218. The molecule has 3 nitrogen and oxygen atoms in total. The van der Waals surface area contributed by atoms with Crippen LogP contribution >= 0.6 is 0 Å². The van der Waals surface area contributed by atoms with Gasteiger partial charge in [-0.25, -0.2) is 0 Å². The van der Waals surface area contributed by atoms with E-state index in [4.69, 9.17) is 12.2 Å². The maximum atomic E-state index is 11.7. The standard InChI is InChI=1S/C12H22N2O/c1-4-9-14(10-5-2)12(15)8-6-7-11(3)13/h1,11H,5-10,13H2,2-3H3. The minimum Gasteiger partial charge on any atom is -0.332 e. The molecular weight excluding hydrogens is 188 g/mol. The number of carbonyl (C=O) groups is 1. The Morgan fingerprint density at radius 1 is 1.60 bits per heavy atom. The molecule has 0 fully saturated rings. The highest BCUT2D eigenvalue weighted by Gasteiger charge is 2.10. The van der Waals surface area contributed by atoms with Crippen LogP contribution in [0.1, 0.15) is 39.5 Å². The number of hydrogen-bond donors (Lipinski definition) is 1. The van der Waals surface area contributed by atoms with Crippen molar-refractivity contribution >= 4 is 5.91 Å². The quantitative estimate of drug-likeness (QED) is 0.645. The van der Waals surface area contributed by atoms with Gasteiger partial charge in [-0.3, -0.25) is 4.79 Å². The second-order valence-electron chi connectivity index (χ2n) is 3.89. The second-order valence-corrected chi connectivity index (χ2v) is 3.89. The molecule has 0 aromatic carbocycles. The zero-order valence-corrected chi connectivity index (χ0v) is 9.83. The average molecular weight is 210 g/mol. The summed E-state index contributed by atoms with van der Waals surface area (Å²) in [7, 11) is 0. The van der Waals surface area contributed by atoms with Crippen LogP contribution in [0.5, 0.6) is 0 Å². The molecule has 0 aromatic rings. The van der Waals surface area contributed by atoms with Crippen LogP contribution in [-0.4, -0.2) is 29.9 Å². The highest BCUT2D eigenvalue weighted by atomic mass is 16.2. The van der Waals surface area contributed by atoms with Crippen LogP contribution in [0.4, 0.5) is 0 Å². The Morgan fingerprint density at radius 2 is 2.27 bits per heavy atom. The molecule has 3 heteroatoms. The van der Waals surface area contributed by atoms with Gasteiger partial charge >= 0.3 is 0 Å². The molecule has 2 N–H and O–H groups in total. The average Bonchev–Trinajstić information content (AvgIpc) is 2.16. The number of amides is 1. The first-order valence-corrected chi connectivity index (χ1v) is 5.58. The van der Waals surface area contributed by atoms with Crippen molar-refractivity contribution in [1.82, 2.24) is 4.90 Å². The SMILES string of the molecule is C#CCN(CCC)C(=O)CCCC(C)N. The van der Waals surface area contributed by atoms with Gasteiger partial charge in [0.1, 0.15) is 0 Å². The number of nitrogens with zero attached hydrogens (tertiary/aromatic N) is 1. The Labute approximate surface area is 93.0 Å². The first-order valence-electron chi connectivity index (χ1n) is 5.58. The van der Waals surface area contributed by atoms with Crippen molar-refractivity contribution in [2.75, 3.05) is 13.1 Å². The van der Waals surface area contributed by atoms with Crippen LogP contribution in [0.2, 0.25) is 0 Å². The summed E-state index contributed by atoms with van der Waals surface area (Å²) >= 11 is 0. The maximum Gasteiger partial charge on any atom is 0.223 e. The van der Waals surface area contributed by atoms with E-state index in [0.717, 1.165) is 25.8 Å². The zero-order valence-electron chi connectivity index (χ0n) is 9.83. The van der Waals surface area contributed by atoms with E-state index in [-0.39, 0.29) is 11.9 Å². The Kier molecular flexibility index (Phi) is 7.75. The molecule has 0 saturated carbocycles. The van der Waals surface area contributed by atoms with Crippen LogP contribution in [0.3, 0.4) is 0 Å². The van der Waals surface area contributed by atoms with E-state index in [1.165, 1.54) is 0 Å². The number of carbonyl (C=O) groups excluding carboxylic acids is 1. The topological polar surface area (TPSA) is 46.3 Å². The van der Waals surface area contributed by atoms with Crippen molar-refractivity contribution in [1.29, 1.82) is 0 Å². The summed E-state index contributed by atoms with van der Waals surface area (Å²) in [6.45, 7) is 5.17. The van der Waals surface area contributed by atoms with Gasteiger partial charge in [0.2, 0.25) is 5.91 Å². The molecule has 0 aromatic heterocycles. The lowest BCUT2D eigenvalue weighted by Gasteiger charge is -2.19. The summed E-state index contributed by atoms with van der Waals surface area (Å²) in [5.41, 5.74) is 5.61. The molecule has 15 heavy (non-hydrogen) atoms. The smallest absolute Gasteiger partial charge is 0.223 e. The third-order valence-corrected chi connectivity index (χ3v) is 2.18. The van der Waals surface area contributed by atoms with Crippen molar-refractivity contribution < 1.29 is 4.79 Å². The van der Waals surface area contributed by atoms with Crippen molar-refractivity contribution in [3.63, 3.8) is 0 Å². The van der Waals surface area contributed by atoms with Gasteiger partial charge in [-0.15, -0.1) is 6.42 Å². The van der Waals surface area contributed by atoms with E-state index >= 15 is 0 Å². The van der Waals surface area contributed by atoms with E-state index in [1.807, 2.05) is 13.8 Å². The van der Waals surface area contributed by atoms with Gasteiger partial charge in [0, 0.05) is 19.0 Å². The molecule has 0 saturated heterocycles. The lowest BCUT2D eigenvalue weighted by atomic mass is 10.1.